The van der Waals surface area contributed by atoms with Crippen LogP contribution in [-0.2, 0) is 11.2 Å². The predicted molar refractivity (Wildman–Crippen MR) is 69.3 cm³/mol. The summed E-state index contributed by atoms with van der Waals surface area (Å²) in [6.45, 7) is 1.89. The monoisotopic (exact) mass is 231 g/mol. The first-order chi connectivity index (χ1) is 8.40. The van der Waals surface area contributed by atoms with Crippen molar-refractivity contribution in [3.8, 4) is 0 Å². The maximum Gasteiger partial charge on any atom is 0.0509 e. The quantitative estimate of drug-likeness (QED) is 0.862. The van der Waals surface area contributed by atoms with Crippen LogP contribution >= 0.6 is 0 Å². The Balaban J connectivity index is 1.74. The van der Waals surface area contributed by atoms with Gasteiger partial charge in [-0.1, -0.05) is 24.3 Å². The largest absolute Gasteiger partial charge is 0.381 e. The summed E-state index contributed by atoms with van der Waals surface area (Å²) in [5.41, 5.74) is 3.09. The zero-order chi connectivity index (χ0) is 11.7. The number of rotatable bonds is 3. The van der Waals surface area contributed by atoms with Crippen LogP contribution in [0.25, 0.3) is 0 Å². The molecule has 1 aliphatic carbocycles. The van der Waals surface area contributed by atoms with Crippen LogP contribution in [0.5, 0.6) is 0 Å². The third kappa shape index (κ3) is 2.00. The molecule has 0 aromatic heterocycles. The van der Waals surface area contributed by atoms with Crippen LogP contribution in [0.2, 0.25) is 0 Å². The van der Waals surface area contributed by atoms with Crippen molar-refractivity contribution < 1.29 is 4.74 Å². The van der Waals surface area contributed by atoms with Crippen LogP contribution in [-0.4, -0.2) is 26.3 Å². The standard InChI is InChI=1S/C15H21NO/c1-16-15(12-6-4-8-17-10-12)14-9-11-5-2-3-7-13(11)14/h2-3,5,7,12,14-16H,4,6,8-10H2,1H3. The molecular weight excluding hydrogens is 210 g/mol. The van der Waals surface area contributed by atoms with Gasteiger partial charge in [-0.25, -0.2) is 0 Å². The Hall–Kier alpha value is -0.860. The lowest BCUT2D eigenvalue weighted by Gasteiger charge is -2.41. The van der Waals surface area contributed by atoms with Gasteiger partial charge in [0.1, 0.15) is 0 Å². The van der Waals surface area contributed by atoms with Gasteiger partial charge in [-0.05, 0) is 43.4 Å². The normalized spacial score (nSPS) is 29.2. The number of hydrogen-bond acceptors (Lipinski definition) is 2. The molecule has 2 nitrogen and oxygen atoms in total. The first-order valence-electron chi connectivity index (χ1n) is 6.73. The van der Waals surface area contributed by atoms with Crippen LogP contribution in [0, 0.1) is 5.92 Å². The summed E-state index contributed by atoms with van der Waals surface area (Å²) < 4.78 is 5.63. The first kappa shape index (κ1) is 11.2. The molecule has 17 heavy (non-hydrogen) atoms. The summed E-state index contributed by atoms with van der Waals surface area (Å²) in [5.74, 6) is 1.38. The average Bonchev–Trinajstić information content (AvgIpc) is 2.37. The highest BCUT2D eigenvalue weighted by Crippen LogP contribution is 2.40. The summed E-state index contributed by atoms with van der Waals surface area (Å²) >= 11 is 0. The van der Waals surface area contributed by atoms with Crippen molar-refractivity contribution >= 4 is 0 Å². The Kier molecular flexibility index (Phi) is 3.17. The minimum Gasteiger partial charge on any atom is -0.381 e. The van der Waals surface area contributed by atoms with E-state index in [4.69, 9.17) is 4.74 Å². The molecule has 0 bridgehead atoms. The second-order valence-corrected chi connectivity index (χ2v) is 5.30. The Bertz CT molecular complexity index is 384. The summed E-state index contributed by atoms with van der Waals surface area (Å²) in [4.78, 5) is 0. The molecule has 3 unspecified atom stereocenters. The maximum absolute atomic E-state index is 5.63. The topological polar surface area (TPSA) is 21.3 Å². The Morgan fingerprint density at radius 3 is 2.94 bits per heavy atom. The highest BCUT2D eigenvalue weighted by Gasteiger charge is 2.36. The van der Waals surface area contributed by atoms with Crippen LogP contribution in [0.15, 0.2) is 24.3 Å². The van der Waals surface area contributed by atoms with E-state index in [9.17, 15) is 0 Å². The summed E-state index contributed by atoms with van der Waals surface area (Å²) in [6, 6.07) is 9.44. The fraction of sp³-hybridized carbons (Fsp3) is 0.600. The molecule has 0 spiro atoms. The molecule has 3 atom stereocenters. The van der Waals surface area contributed by atoms with E-state index >= 15 is 0 Å². The Morgan fingerprint density at radius 2 is 2.24 bits per heavy atom. The van der Waals surface area contributed by atoms with Crippen LogP contribution in [0.1, 0.15) is 29.9 Å². The van der Waals surface area contributed by atoms with Gasteiger partial charge in [-0.3, -0.25) is 0 Å². The second kappa shape index (κ2) is 4.79. The van der Waals surface area contributed by atoms with E-state index in [0.717, 1.165) is 13.2 Å². The Labute approximate surface area is 103 Å². The molecule has 1 saturated heterocycles. The van der Waals surface area contributed by atoms with Gasteiger partial charge in [0, 0.05) is 18.6 Å². The number of nitrogens with one attached hydrogen (secondary N) is 1. The third-order valence-corrected chi connectivity index (χ3v) is 4.36. The van der Waals surface area contributed by atoms with Gasteiger partial charge in [0.05, 0.1) is 6.61 Å². The van der Waals surface area contributed by atoms with Crippen molar-refractivity contribution in [2.24, 2.45) is 5.92 Å². The van der Waals surface area contributed by atoms with Gasteiger partial charge in [0.25, 0.3) is 0 Å². The molecule has 1 aromatic rings. The molecule has 0 amide bonds. The smallest absolute Gasteiger partial charge is 0.0509 e. The lowest BCUT2D eigenvalue weighted by molar-refractivity contribution is 0.0346. The second-order valence-electron chi connectivity index (χ2n) is 5.30. The number of benzene rings is 1. The fourth-order valence-corrected chi connectivity index (χ4v) is 3.43. The van der Waals surface area contributed by atoms with Crippen molar-refractivity contribution in [3.63, 3.8) is 0 Å². The molecular formula is C15H21NO. The first-order valence-corrected chi connectivity index (χ1v) is 6.73. The van der Waals surface area contributed by atoms with E-state index in [-0.39, 0.29) is 0 Å². The van der Waals surface area contributed by atoms with Gasteiger partial charge in [0.2, 0.25) is 0 Å². The number of fused-ring (bicyclic) bond motifs is 1. The van der Waals surface area contributed by atoms with Gasteiger partial charge < -0.3 is 10.1 Å². The summed E-state index contributed by atoms with van der Waals surface area (Å²) in [5, 5.41) is 3.53. The minimum absolute atomic E-state index is 0.588. The van der Waals surface area contributed by atoms with E-state index in [1.807, 2.05) is 0 Å². The van der Waals surface area contributed by atoms with Gasteiger partial charge in [-0.2, -0.15) is 0 Å². The predicted octanol–water partition coefficient (Wildman–Crippen LogP) is 2.34. The molecule has 1 aromatic carbocycles. The van der Waals surface area contributed by atoms with E-state index in [1.165, 1.54) is 24.8 Å². The molecule has 2 aliphatic rings. The maximum atomic E-state index is 5.63. The number of hydrogen-bond donors (Lipinski definition) is 1. The van der Waals surface area contributed by atoms with Crippen molar-refractivity contribution in [1.29, 1.82) is 0 Å². The van der Waals surface area contributed by atoms with Gasteiger partial charge >= 0.3 is 0 Å². The lowest BCUT2D eigenvalue weighted by atomic mass is 9.69. The van der Waals surface area contributed by atoms with Crippen LogP contribution in [0.3, 0.4) is 0 Å². The highest BCUT2D eigenvalue weighted by atomic mass is 16.5. The van der Waals surface area contributed by atoms with Gasteiger partial charge in [-0.15, -0.1) is 0 Å². The third-order valence-electron chi connectivity index (χ3n) is 4.36. The minimum atomic E-state index is 0.588. The van der Waals surface area contributed by atoms with E-state index in [2.05, 4.69) is 36.6 Å². The van der Waals surface area contributed by atoms with Crippen molar-refractivity contribution in [2.75, 3.05) is 20.3 Å². The molecule has 0 radical (unpaired) electrons. The zero-order valence-electron chi connectivity index (χ0n) is 10.5. The fourth-order valence-electron chi connectivity index (χ4n) is 3.43. The number of likely N-dealkylation sites (N-methyl/N-ethyl adjacent to an activating group) is 1. The molecule has 3 rings (SSSR count). The molecule has 1 heterocycles. The van der Waals surface area contributed by atoms with Crippen molar-refractivity contribution in [3.05, 3.63) is 35.4 Å². The van der Waals surface area contributed by atoms with Gasteiger partial charge in [0.15, 0.2) is 0 Å². The lowest BCUT2D eigenvalue weighted by Crippen LogP contribution is -2.46. The van der Waals surface area contributed by atoms with E-state index in [1.54, 1.807) is 5.56 Å². The molecule has 1 aliphatic heterocycles. The average molecular weight is 231 g/mol. The van der Waals surface area contributed by atoms with Crippen LogP contribution in [0.4, 0.5) is 0 Å². The SMILES string of the molecule is CNC(C1CCCOC1)C1Cc2ccccc21. The molecule has 2 heteroatoms. The summed E-state index contributed by atoms with van der Waals surface area (Å²) in [7, 11) is 2.10. The number of ether oxygens (including phenoxy) is 1. The van der Waals surface area contributed by atoms with E-state index in [0.29, 0.717) is 17.9 Å². The molecule has 92 valence electrons. The van der Waals surface area contributed by atoms with E-state index < -0.39 is 0 Å². The zero-order valence-corrected chi connectivity index (χ0v) is 10.5. The van der Waals surface area contributed by atoms with Crippen molar-refractivity contribution in [1.82, 2.24) is 5.32 Å². The van der Waals surface area contributed by atoms with Crippen molar-refractivity contribution in [2.45, 2.75) is 31.2 Å². The Morgan fingerprint density at radius 1 is 1.35 bits per heavy atom. The van der Waals surface area contributed by atoms with Crippen LogP contribution < -0.4 is 5.32 Å². The summed E-state index contributed by atoms with van der Waals surface area (Å²) in [6.07, 6.45) is 3.76. The highest BCUT2D eigenvalue weighted by molar-refractivity contribution is 5.41. The molecule has 0 saturated carbocycles. The molecule has 1 N–H and O–H groups in total. The molecule has 1 fully saturated rings.